The van der Waals surface area contributed by atoms with Crippen molar-refractivity contribution in [1.29, 1.82) is 0 Å². The van der Waals surface area contributed by atoms with Crippen LogP contribution in [0.3, 0.4) is 0 Å². The zero-order valence-electron chi connectivity index (χ0n) is 15.0. The maximum absolute atomic E-state index is 11.1. The molecule has 0 saturated heterocycles. The second kappa shape index (κ2) is 13.7. The molecule has 0 rings (SSSR count). The number of esters is 1. The van der Waals surface area contributed by atoms with Gasteiger partial charge in [-0.1, -0.05) is 6.58 Å². The van der Waals surface area contributed by atoms with Crippen LogP contribution >= 0.6 is 0 Å². The second-order valence-corrected chi connectivity index (χ2v) is 5.51. The van der Waals surface area contributed by atoms with Crippen molar-refractivity contribution in [2.45, 2.75) is 43.0 Å². The van der Waals surface area contributed by atoms with E-state index >= 15 is 0 Å². The number of aliphatic hydroxyl groups is 7. The van der Waals surface area contributed by atoms with E-state index < -0.39 is 79.9 Å². The first-order chi connectivity index (χ1) is 13.2. The number of ketones is 1. The summed E-state index contributed by atoms with van der Waals surface area (Å²) in [4.78, 5) is 42.6. The van der Waals surface area contributed by atoms with Crippen LogP contribution in [0, 0.1) is 0 Å². The maximum Gasteiger partial charge on any atom is 0.336 e. The Kier molecular flexibility index (Phi) is 13.6. The minimum atomic E-state index is -2.77. The van der Waals surface area contributed by atoms with Crippen LogP contribution in [-0.2, 0) is 23.9 Å². The van der Waals surface area contributed by atoms with E-state index in [-0.39, 0.29) is 0 Å². The van der Waals surface area contributed by atoms with Gasteiger partial charge in [-0.3, -0.25) is 14.4 Å². The Balaban J connectivity index is 0. The molecule has 0 saturated carbocycles. The van der Waals surface area contributed by atoms with E-state index in [0.717, 1.165) is 6.08 Å². The zero-order valence-corrected chi connectivity index (χ0v) is 15.0. The van der Waals surface area contributed by atoms with Crippen LogP contribution in [0.5, 0.6) is 0 Å². The molecule has 14 nitrogen and oxygen atoms in total. The van der Waals surface area contributed by atoms with Crippen LogP contribution in [0.25, 0.3) is 0 Å². The molecule has 5 atom stereocenters. The van der Waals surface area contributed by atoms with Crippen LogP contribution in [0.15, 0.2) is 12.7 Å². The number of aliphatic hydroxyl groups excluding tert-OH is 6. The van der Waals surface area contributed by atoms with Gasteiger partial charge >= 0.3 is 17.9 Å². The number of carbonyl (C=O) groups excluding carboxylic acids is 2. The highest BCUT2D eigenvalue weighted by Gasteiger charge is 2.41. The number of hydrogen-bond acceptors (Lipinski definition) is 12. The number of Topliss-reactive ketones (excluding diaryl/α,β-unsaturated/α-hetero) is 1. The lowest BCUT2D eigenvalue weighted by atomic mass is 9.96. The monoisotopic (exact) mass is 428 g/mol. The number of carboxylic acid groups (broad SMARTS) is 2. The van der Waals surface area contributed by atoms with Crippen molar-refractivity contribution in [1.82, 2.24) is 0 Å². The highest BCUT2D eigenvalue weighted by Crippen LogP contribution is 2.17. The smallest absolute Gasteiger partial charge is 0.336 e. The van der Waals surface area contributed by atoms with Gasteiger partial charge in [0.1, 0.15) is 24.9 Å². The molecule has 0 aromatic rings. The molecule has 0 aliphatic rings. The Labute approximate surface area is 163 Å². The SMILES string of the molecule is C=CC(O)OC(=O)CC(O)(CC(=O)O)C(=O)O.O=C(CO)[C@H](O)[C@@H](O)[C@H](O)CO. The lowest BCUT2D eigenvalue weighted by Gasteiger charge is -2.20. The van der Waals surface area contributed by atoms with Gasteiger partial charge in [-0.2, -0.15) is 0 Å². The summed E-state index contributed by atoms with van der Waals surface area (Å²) in [6.07, 6.45) is -8.27. The molecule has 0 aliphatic carbocycles. The van der Waals surface area contributed by atoms with Crippen molar-refractivity contribution >= 4 is 23.7 Å². The Morgan fingerprint density at radius 2 is 1.52 bits per heavy atom. The van der Waals surface area contributed by atoms with Crippen LogP contribution in [0.1, 0.15) is 12.8 Å². The van der Waals surface area contributed by atoms with E-state index in [1.807, 2.05) is 0 Å². The fraction of sp³-hybridized carbons (Fsp3) is 0.600. The number of rotatable bonds is 12. The van der Waals surface area contributed by atoms with Crippen molar-refractivity contribution in [3.8, 4) is 0 Å². The third kappa shape index (κ3) is 11.2. The molecule has 0 heterocycles. The molecule has 14 heteroatoms. The lowest BCUT2D eigenvalue weighted by molar-refractivity contribution is -0.178. The van der Waals surface area contributed by atoms with Gasteiger partial charge in [0.2, 0.25) is 6.29 Å². The van der Waals surface area contributed by atoms with Crippen molar-refractivity contribution in [2.75, 3.05) is 13.2 Å². The van der Waals surface area contributed by atoms with Crippen molar-refractivity contribution in [3.63, 3.8) is 0 Å². The molecule has 0 amide bonds. The average molecular weight is 428 g/mol. The molecular weight excluding hydrogens is 404 g/mol. The molecule has 2 unspecified atom stereocenters. The molecule has 0 bridgehead atoms. The van der Waals surface area contributed by atoms with Gasteiger partial charge in [0.05, 0.1) is 19.4 Å². The van der Waals surface area contributed by atoms with Crippen LogP contribution in [-0.4, -0.2) is 113 Å². The second-order valence-electron chi connectivity index (χ2n) is 5.51. The average Bonchev–Trinajstić information content (AvgIpc) is 2.64. The third-order valence-electron chi connectivity index (χ3n) is 3.12. The summed E-state index contributed by atoms with van der Waals surface area (Å²) in [5.74, 6) is -5.73. The van der Waals surface area contributed by atoms with Gasteiger partial charge in [0.15, 0.2) is 11.4 Å². The summed E-state index contributed by atoms with van der Waals surface area (Å²) in [5, 5.41) is 78.3. The molecular formula is C15H24O14. The quantitative estimate of drug-likeness (QED) is 0.0804. The molecule has 0 aromatic heterocycles. The van der Waals surface area contributed by atoms with Crippen LogP contribution in [0.2, 0.25) is 0 Å². The van der Waals surface area contributed by atoms with Gasteiger partial charge in [-0.25, -0.2) is 4.79 Å². The largest absolute Gasteiger partial charge is 0.481 e. The first-order valence-corrected chi connectivity index (χ1v) is 7.72. The zero-order chi connectivity index (χ0) is 23.4. The molecule has 0 aliphatic heterocycles. The van der Waals surface area contributed by atoms with E-state index in [4.69, 9.17) is 40.9 Å². The standard InChI is InChI=1S/C9H12O8.C6H12O6/c1-2-6(12)17-7(13)4-9(16,8(14)15)3-5(10)11;7-1-3(9)5(11)6(12)4(10)2-8/h2,6,12,16H,1,3-4H2,(H,10,11)(H,14,15);3,5-9,11-12H,1-2H2/t;3-,5+,6+/m.1/s1. The summed E-state index contributed by atoms with van der Waals surface area (Å²) in [6, 6.07) is 0. The molecule has 168 valence electrons. The van der Waals surface area contributed by atoms with Crippen LogP contribution in [0.4, 0.5) is 0 Å². The van der Waals surface area contributed by atoms with E-state index in [9.17, 15) is 24.3 Å². The molecule has 29 heavy (non-hydrogen) atoms. The summed E-state index contributed by atoms with van der Waals surface area (Å²) < 4.78 is 4.21. The third-order valence-corrected chi connectivity index (χ3v) is 3.12. The number of carboxylic acids is 2. The fourth-order valence-corrected chi connectivity index (χ4v) is 1.53. The minimum Gasteiger partial charge on any atom is -0.481 e. The van der Waals surface area contributed by atoms with E-state index in [1.165, 1.54) is 0 Å². The fourth-order valence-electron chi connectivity index (χ4n) is 1.53. The number of carbonyl (C=O) groups is 4. The maximum atomic E-state index is 11.1. The Morgan fingerprint density at radius 3 is 1.86 bits per heavy atom. The predicted octanol–water partition coefficient (Wildman–Crippen LogP) is -4.66. The normalized spacial score (nSPS) is 16.7. The van der Waals surface area contributed by atoms with Gasteiger partial charge < -0.3 is 50.7 Å². The van der Waals surface area contributed by atoms with Crippen LogP contribution < -0.4 is 0 Å². The predicted molar refractivity (Wildman–Crippen MR) is 89.0 cm³/mol. The number of aliphatic carboxylic acids is 2. The summed E-state index contributed by atoms with van der Waals surface area (Å²) >= 11 is 0. The van der Waals surface area contributed by atoms with Crippen molar-refractivity contribution in [2.24, 2.45) is 0 Å². The highest BCUT2D eigenvalue weighted by molar-refractivity contribution is 5.88. The molecule has 0 spiro atoms. The summed E-state index contributed by atoms with van der Waals surface area (Å²) in [6.45, 7) is 1.41. The molecule has 9 N–H and O–H groups in total. The van der Waals surface area contributed by atoms with E-state index in [2.05, 4.69) is 11.3 Å². The van der Waals surface area contributed by atoms with Gasteiger partial charge in [-0.05, 0) is 6.08 Å². The Morgan fingerprint density at radius 1 is 1.00 bits per heavy atom. The first kappa shape index (κ1) is 28.7. The summed E-state index contributed by atoms with van der Waals surface area (Å²) in [5.41, 5.74) is -2.77. The molecule has 0 radical (unpaired) electrons. The molecule has 0 aromatic carbocycles. The van der Waals surface area contributed by atoms with Crippen molar-refractivity contribution in [3.05, 3.63) is 12.7 Å². The van der Waals surface area contributed by atoms with Gasteiger partial charge in [0, 0.05) is 0 Å². The Bertz CT molecular complexity index is 575. The van der Waals surface area contributed by atoms with Crippen molar-refractivity contribution < 1.29 is 69.9 Å². The highest BCUT2D eigenvalue weighted by atomic mass is 16.6. The summed E-state index contributed by atoms with van der Waals surface area (Å²) in [7, 11) is 0. The molecule has 0 fully saturated rings. The van der Waals surface area contributed by atoms with E-state index in [0.29, 0.717) is 0 Å². The van der Waals surface area contributed by atoms with E-state index in [1.54, 1.807) is 0 Å². The lowest BCUT2D eigenvalue weighted by Crippen LogP contribution is -2.44. The topological polar surface area (TPSA) is 260 Å². The van der Waals surface area contributed by atoms with Gasteiger partial charge in [0.25, 0.3) is 0 Å². The Hall–Kier alpha value is -2.46. The number of hydrogen-bond donors (Lipinski definition) is 9. The van der Waals surface area contributed by atoms with Gasteiger partial charge in [-0.15, -0.1) is 0 Å². The number of ether oxygens (including phenoxy) is 1. The first-order valence-electron chi connectivity index (χ1n) is 7.72. The minimum absolute atomic E-state index is 0.767.